The molecule has 0 unspecified atom stereocenters. The number of aliphatic hydroxyl groups excluding tert-OH is 2. The molecule has 3 nitrogen and oxygen atoms in total. The molecule has 0 bridgehead atoms. The van der Waals surface area contributed by atoms with Gasteiger partial charge in [-0.2, -0.15) is 0 Å². The zero-order chi connectivity index (χ0) is 14.5. The van der Waals surface area contributed by atoms with Crippen LogP contribution < -0.4 is 0 Å². The van der Waals surface area contributed by atoms with Crippen LogP contribution in [0.1, 0.15) is 38.3 Å². The van der Waals surface area contributed by atoms with Crippen molar-refractivity contribution in [1.82, 2.24) is 0 Å². The fourth-order valence-electron chi connectivity index (χ4n) is 2.23. The maximum atomic E-state index is 9.77. The molecule has 0 fully saturated rings. The van der Waals surface area contributed by atoms with E-state index in [9.17, 15) is 10.2 Å². The molecule has 0 spiro atoms. The Hall–Kier alpha value is -0.900. The van der Waals surface area contributed by atoms with Gasteiger partial charge in [-0.1, -0.05) is 24.3 Å². The van der Waals surface area contributed by atoms with Crippen LogP contribution in [0.25, 0.3) is 0 Å². The van der Waals surface area contributed by atoms with Crippen molar-refractivity contribution in [2.45, 2.75) is 45.1 Å². The molecular formula is C16H26O3. The standard InChI is InChI=1S/C16H26O3/c1-13-7-5-6-8-14(13)16(11-17,12-18)9-10-19-15(2,3)4/h5-8,17-18H,9-12H2,1-4H3. The lowest BCUT2D eigenvalue weighted by atomic mass is 9.77. The normalized spacial score (nSPS) is 12.7. The van der Waals surface area contributed by atoms with Crippen molar-refractivity contribution in [3.8, 4) is 0 Å². The van der Waals surface area contributed by atoms with Crippen LogP contribution in [0.5, 0.6) is 0 Å². The number of ether oxygens (including phenoxy) is 1. The van der Waals surface area contributed by atoms with Crippen molar-refractivity contribution in [3.63, 3.8) is 0 Å². The van der Waals surface area contributed by atoms with Gasteiger partial charge >= 0.3 is 0 Å². The molecule has 0 atom stereocenters. The number of benzene rings is 1. The second-order valence-electron chi connectivity index (χ2n) is 6.12. The molecule has 0 aliphatic rings. The van der Waals surface area contributed by atoms with Gasteiger partial charge in [0.2, 0.25) is 0 Å². The molecule has 0 saturated carbocycles. The van der Waals surface area contributed by atoms with Gasteiger partial charge in [0.05, 0.1) is 18.8 Å². The lowest BCUT2D eigenvalue weighted by molar-refractivity contribution is -0.0219. The Balaban J connectivity index is 2.89. The molecule has 0 aliphatic heterocycles. The van der Waals surface area contributed by atoms with E-state index in [0.29, 0.717) is 13.0 Å². The van der Waals surface area contributed by atoms with Crippen LogP contribution in [0.4, 0.5) is 0 Å². The highest BCUT2D eigenvalue weighted by atomic mass is 16.5. The minimum Gasteiger partial charge on any atom is -0.395 e. The molecule has 0 saturated heterocycles. The summed E-state index contributed by atoms with van der Waals surface area (Å²) in [6, 6.07) is 7.87. The van der Waals surface area contributed by atoms with Crippen molar-refractivity contribution in [3.05, 3.63) is 35.4 Å². The minimum atomic E-state index is -0.628. The number of hydrogen-bond donors (Lipinski definition) is 2. The number of rotatable bonds is 6. The van der Waals surface area contributed by atoms with Gasteiger partial charge in [0.25, 0.3) is 0 Å². The van der Waals surface area contributed by atoms with Gasteiger partial charge in [-0.25, -0.2) is 0 Å². The fourth-order valence-corrected chi connectivity index (χ4v) is 2.23. The summed E-state index contributed by atoms with van der Waals surface area (Å²) in [4.78, 5) is 0. The number of aryl methyl sites for hydroxylation is 1. The molecule has 2 N–H and O–H groups in total. The minimum absolute atomic E-state index is 0.0815. The fraction of sp³-hybridized carbons (Fsp3) is 0.625. The monoisotopic (exact) mass is 266 g/mol. The van der Waals surface area contributed by atoms with Crippen LogP contribution in [0.15, 0.2) is 24.3 Å². The Morgan fingerprint density at radius 2 is 1.63 bits per heavy atom. The van der Waals surface area contributed by atoms with Crippen LogP contribution >= 0.6 is 0 Å². The summed E-state index contributed by atoms with van der Waals surface area (Å²) in [6.07, 6.45) is 0.599. The van der Waals surface area contributed by atoms with Gasteiger partial charge in [-0.15, -0.1) is 0 Å². The second kappa shape index (κ2) is 6.51. The van der Waals surface area contributed by atoms with Crippen LogP contribution in [0.2, 0.25) is 0 Å². The first kappa shape index (κ1) is 16.2. The van der Waals surface area contributed by atoms with Gasteiger partial charge in [0, 0.05) is 12.0 Å². The van der Waals surface area contributed by atoms with Crippen molar-refractivity contribution in [2.75, 3.05) is 19.8 Å². The van der Waals surface area contributed by atoms with Crippen molar-refractivity contribution in [2.24, 2.45) is 0 Å². The SMILES string of the molecule is Cc1ccccc1C(CO)(CO)CCOC(C)(C)C. The highest BCUT2D eigenvalue weighted by molar-refractivity contribution is 5.33. The average Bonchev–Trinajstić information content (AvgIpc) is 2.35. The summed E-state index contributed by atoms with van der Waals surface area (Å²) in [6.45, 7) is 8.35. The van der Waals surface area contributed by atoms with E-state index >= 15 is 0 Å². The third kappa shape index (κ3) is 4.30. The predicted molar refractivity (Wildman–Crippen MR) is 77.4 cm³/mol. The largest absolute Gasteiger partial charge is 0.395 e. The Morgan fingerprint density at radius 3 is 2.11 bits per heavy atom. The number of aliphatic hydroxyl groups is 2. The summed E-state index contributed by atoms with van der Waals surface area (Å²) in [7, 11) is 0. The molecule has 0 amide bonds. The summed E-state index contributed by atoms with van der Waals surface area (Å²) < 4.78 is 5.73. The third-order valence-electron chi connectivity index (χ3n) is 3.44. The zero-order valence-corrected chi connectivity index (χ0v) is 12.4. The van der Waals surface area contributed by atoms with E-state index in [1.165, 1.54) is 0 Å². The summed E-state index contributed by atoms with van der Waals surface area (Å²) >= 11 is 0. The van der Waals surface area contributed by atoms with E-state index in [2.05, 4.69) is 0 Å². The van der Waals surface area contributed by atoms with E-state index < -0.39 is 5.41 Å². The Labute approximate surface area is 116 Å². The van der Waals surface area contributed by atoms with Gasteiger partial charge in [0.1, 0.15) is 0 Å². The molecule has 19 heavy (non-hydrogen) atoms. The lowest BCUT2D eigenvalue weighted by Gasteiger charge is -2.33. The molecule has 1 aromatic rings. The second-order valence-corrected chi connectivity index (χ2v) is 6.12. The third-order valence-corrected chi connectivity index (χ3v) is 3.44. The van der Waals surface area contributed by atoms with Crippen molar-refractivity contribution in [1.29, 1.82) is 0 Å². The van der Waals surface area contributed by atoms with Crippen LogP contribution in [0.3, 0.4) is 0 Å². The van der Waals surface area contributed by atoms with E-state index in [0.717, 1.165) is 11.1 Å². The quantitative estimate of drug-likeness (QED) is 0.831. The van der Waals surface area contributed by atoms with E-state index in [4.69, 9.17) is 4.74 Å². The van der Waals surface area contributed by atoms with Crippen molar-refractivity contribution >= 4 is 0 Å². The average molecular weight is 266 g/mol. The molecule has 0 radical (unpaired) electrons. The highest BCUT2D eigenvalue weighted by Crippen LogP contribution is 2.30. The first-order chi connectivity index (χ1) is 8.84. The smallest absolute Gasteiger partial charge is 0.0598 e. The molecular weight excluding hydrogens is 240 g/mol. The maximum Gasteiger partial charge on any atom is 0.0598 e. The van der Waals surface area contributed by atoms with E-state index in [1.807, 2.05) is 52.0 Å². The topological polar surface area (TPSA) is 49.7 Å². The van der Waals surface area contributed by atoms with Gasteiger partial charge in [-0.05, 0) is 45.2 Å². The maximum absolute atomic E-state index is 9.77. The highest BCUT2D eigenvalue weighted by Gasteiger charge is 2.32. The van der Waals surface area contributed by atoms with E-state index in [1.54, 1.807) is 0 Å². The Bertz CT molecular complexity index is 389. The van der Waals surface area contributed by atoms with Gasteiger partial charge < -0.3 is 14.9 Å². The first-order valence-electron chi connectivity index (χ1n) is 6.76. The molecule has 3 heteroatoms. The summed E-state index contributed by atoms with van der Waals surface area (Å²) in [5, 5.41) is 19.5. The predicted octanol–water partition coefficient (Wildman–Crippen LogP) is 2.42. The van der Waals surface area contributed by atoms with Gasteiger partial charge in [-0.3, -0.25) is 0 Å². The van der Waals surface area contributed by atoms with Crippen molar-refractivity contribution < 1.29 is 14.9 Å². The van der Waals surface area contributed by atoms with Gasteiger partial charge in [0.15, 0.2) is 0 Å². The summed E-state index contributed by atoms with van der Waals surface area (Å²) in [5.74, 6) is 0. The van der Waals surface area contributed by atoms with Crippen LogP contribution in [-0.2, 0) is 10.2 Å². The molecule has 1 rings (SSSR count). The molecule has 108 valence electrons. The molecule has 0 aliphatic carbocycles. The molecule has 0 aromatic heterocycles. The Kier molecular flexibility index (Phi) is 5.53. The van der Waals surface area contributed by atoms with Crippen LogP contribution in [-0.4, -0.2) is 35.6 Å². The molecule has 0 heterocycles. The lowest BCUT2D eigenvalue weighted by Crippen LogP contribution is -2.38. The first-order valence-corrected chi connectivity index (χ1v) is 6.76. The molecule has 1 aromatic carbocycles. The number of hydrogen-bond acceptors (Lipinski definition) is 3. The van der Waals surface area contributed by atoms with Crippen LogP contribution in [0, 0.1) is 6.92 Å². The summed E-state index contributed by atoms with van der Waals surface area (Å²) in [5.41, 5.74) is 1.25. The zero-order valence-electron chi connectivity index (χ0n) is 12.4. The van der Waals surface area contributed by atoms with E-state index in [-0.39, 0.29) is 18.8 Å². The Morgan fingerprint density at radius 1 is 1.05 bits per heavy atom.